The van der Waals surface area contributed by atoms with Crippen LogP contribution >= 0.6 is 0 Å². The Morgan fingerprint density at radius 2 is 2.08 bits per heavy atom. The quantitative estimate of drug-likeness (QED) is 0.635. The Morgan fingerprint density at radius 1 is 1.23 bits per heavy atom. The van der Waals surface area contributed by atoms with Crippen LogP contribution in [0.2, 0.25) is 0 Å². The summed E-state index contributed by atoms with van der Waals surface area (Å²) in [6, 6.07) is 6.45. The highest BCUT2D eigenvalue weighted by molar-refractivity contribution is 5.46. The minimum absolute atomic E-state index is 0.664. The first kappa shape index (κ1) is 7.43. The van der Waals surface area contributed by atoms with Crippen molar-refractivity contribution in [3.63, 3.8) is 0 Å². The molecule has 0 atom stereocenters. The molecule has 0 amide bonds. The maximum atomic E-state index is 5.38. The van der Waals surface area contributed by atoms with Crippen LogP contribution in [0, 0.1) is 5.41 Å². The molecule has 1 fully saturated rings. The molecule has 0 aromatic heterocycles. The Kier molecular flexibility index (Phi) is 1.30. The number of methoxy groups -OCH3 is 1. The molecule has 13 heavy (non-hydrogen) atoms. The molecule has 1 heteroatoms. The van der Waals surface area contributed by atoms with Gasteiger partial charge in [-0.1, -0.05) is 12.1 Å². The van der Waals surface area contributed by atoms with Gasteiger partial charge in [0.15, 0.2) is 0 Å². The molecule has 0 aliphatic heterocycles. The van der Waals surface area contributed by atoms with Gasteiger partial charge in [0.25, 0.3) is 0 Å². The topological polar surface area (TPSA) is 9.23 Å². The highest BCUT2D eigenvalue weighted by Gasteiger charge is 2.47. The average Bonchev–Trinajstić information content (AvgIpc) is 2.78. The van der Waals surface area contributed by atoms with E-state index in [4.69, 9.17) is 4.74 Å². The Labute approximate surface area is 78.7 Å². The zero-order valence-corrected chi connectivity index (χ0v) is 7.97. The summed E-state index contributed by atoms with van der Waals surface area (Å²) in [4.78, 5) is 0. The predicted octanol–water partition coefficient (Wildman–Crippen LogP) is 2.57. The van der Waals surface area contributed by atoms with E-state index in [0.717, 1.165) is 5.75 Å². The largest absolute Gasteiger partial charge is 0.496 e. The summed E-state index contributed by atoms with van der Waals surface area (Å²) in [6.07, 6.45) is 5.39. The van der Waals surface area contributed by atoms with Crippen molar-refractivity contribution in [1.29, 1.82) is 0 Å². The van der Waals surface area contributed by atoms with Gasteiger partial charge < -0.3 is 4.74 Å². The Balaban J connectivity index is 2.07. The van der Waals surface area contributed by atoms with Crippen molar-refractivity contribution in [2.45, 2.75) is 25.7 Å². The van der Waals surface area contributed by atoms with Gasteiger partial charge in [-0.25, -0.2) is 0 Å². The molecule has 0 N–H and O–H groups in total. The van der Waals surface area contributed by atoms with Crippen LogP contribution in [0.4, 0.5) is 0 Å². The zero-order chi connectivity index (χ0) is 8.89. The fourth-order valence-corrected chi connectivity index (χ4v) is 2.54. The maximum absolute atomic E-state index is 5.38. The SMILES string of the molecule is COc1cccc2c1CC1(CC1)C2. The van der Waals surface area contributed by atoms with Gasteiger partial charge in [-0.3, -0.25) is 0 Å². The Hall–Kier alpha value is -0.980. The lowest BCUT2D eigenvalue weighted by molar-refractivity contribution is 0.407. The zero-order valence-electron chi connectivity index (χ0n) is 7.97. The summed E-state index contributed by atoms with van der Waals surface area (Å²) in [5, 5.41) is 0. The number of rotatable bonds is 1. The van der Waals surface area contributed by atoms with Gasteiger partial charge in [-0.15, -0.1) is 0 Å². The lowest BCUT2D eigenvalue weighted by Gasteiger charge is -2.05. The van der Waals surface area contributed by atoms with E-state index in [0.29, 0.717) is 5.41 Å². The van der Waals surface area contributed by atoms with Crippen LogP contribution in [0.5, 0.6) is 5.75 Å². The van der Waals surface area contributed by atoms with E-state index in [1.54, 1.807) is 7.11 Å². The van der Waals surface area contributed by atoms with Gasteiger partial charge in [0, 0.05) is 0 Å². The van der Waals surface area contributed by atoms with E-state index in [2.05, 4.69) is 18.2 Å². The maximum Gasteiger partial charge on any atom is 0.122 e. The average molecular weight is 174 g/mol. The summed E-state index contributed by atoms with van der Waals surface area (Å²) >= 11 is 0. The van der Waals surface area contributed by atoms with Crippen LogP contribution in [0.25, 0.3) is 0 Å². The fourth-order valence-electron chi connectivity index (χ4n) is 2.54. The Morgan fingerprint density at radius 3 is 2.77 bits per heavy atom. The second kappa shape index (κ2) is 2.28. The third-order valence-corrected chi connectivity index (χ3v) is 3.52. The number of hydrogen-bond acceptors (Lipinski definition) is 1. The normalized spacial score (nSPS) is 21.6. The van der Waals surface area contributed by atoms with Crippen molar-refractivity contribution in [3.05, 3.63) is 29.3 Å². The van der Waals surface area contributed by atoms with Gasteiger partial charge in [-0.05, 0) is 48.3 Å². The van der Waals surface area contributed by atoms with E-state index in [9.17, 15) is 0 Å². The molecule has 68 valence electrons. The summed E-state index contributed by atoms with van der Waals surface area (Å²) in [7, 11) is 1.77. The molecule has 1 aromatic rings. The number of fused-ring (bicyclic) bond motifs is 1. The Bertz CT molecular complexity index is 350. The van der Waals surface area contributed by atoms with Crippen molar-refractivity contribution < 1.29 is 4.74 Å². The molecule has 1 spiro atoms. The molecule has 3 rings (SSSR count). The van der Waals surface area contributed by atoms with Crippen LogP contribution < -0.4 is 4.74 Å². The number of ether oxygens (including phenoxy) is 1. The van der Waals surface area contributed by atoms with Crippen LogP contribution in [0.3, 0.4) is 0 Å². The van der Waals surface area contributed by atoms with Gasteiger partial charge in [0.2, 0.25) is 0 Å². The van der Waals surface area contributed by atoms with E-state index in [-0.39, 0.29) is 0 Å². The first-order valence-electron chi connectivity index (χ1n) is 4.98. The van der Waals surface area contributed by atoms with Gasteiger partial charge in [0.05, 0.1) is 7.11 Å². The van der Waals surface area contributed by atoms with E-state index >= 15 is 0 Å². The van der Waals surface area contributed by atoms with Crippen LogP contribution in [-0.4, -0.2) is 7.11 Å². The molecule has 2 aliphatic rings. The van der Waals surface area contributed by atoms with Crippen LogP contribution in [0.15, 0.2) is 18.2 Å². The first-order valence-corrected chi connectivity index (χ1v) is 4.98. The van der Waals surface area contributed by atoms with Gasteiger partial charge >= 0.3 is 0 Å². The van der Waals surface area contributed by atoms with Gasteiger partial charge in [0.1, 0.15) is 5.75 Å². The highest BCUT2D eigenvalue weighted by atomic mass is 16.5. The second-order valence-electron chi connectivity index (χ2n) is 4.45. The smallest absolute Gasteiger partial charge is 0.122 e. The first-order chi connectivity index (χ1) is 6.33. The van der Waals surface area contributed by atoms with Crippen molar-refractivity contribution in [3.8, 4) is 5.75 Å². The molecule has 2 aliphatic carbocycles. The molecule has 1 nitrogen and oxygen atoms in total. The molecule has 0 unspecified atom stereocenters. The molecule has 1 saturated carbocycles. The predicted molar refractivity (Wildman–Crippen MR) is 52.1 cm³/mol. The molecule has 0 saturated heterocycles. The fraction of sp³-hybridized carbons (Fsp3) is 0.500. The molecule has 1 aromatic carbocycles. The lowest BCUT2D eigenvalue weighted by atomic mass is 10.0. The second-order valence-corrected chi connectivity index (χ2v) is 4.45. The molecular weight excluding hydrogens is 160 g/mol. The summed E-state index contributed by atoms with van der Waals surface area (Å²) < 4.78 is 5.38. The molecule has 0 heterocycles. The lowest BCUT2D eigenvalue weighted by Crippen LogP contribution is -1.97. The molecule has 0 bridgehead atoms. The summed E-state index contributed by atoms with van der Waals surface area (Å²) in [5.41, 5.74) is 3.66. The highest BCUT2D eigenvalue weighted by Crippen LogP contribution is 2.56. The standard InChI is InChI=1S/C12H14O/c1-13-11-4-2-3-9-7-12(5-6-12)8-10(9)11/h2-4H,5-8H2,1H3. The van der Waals surface area contributed by atoms with Crippen molar-refractivity contribution >= 4 is 0 Å². The molecular formula is C12H14O. The minimum atomic E-state index is 0.664. The number of hydrogen-bond donors (Lipinski definition) is 0. The third-order valence-electron chi connectivity index (χ3n) is 3.52. The summed E-state index contributed by atoms with van der Waals surface area (Å²) in [5.74, 6) is 1.10. The monoisotopic (exact) mass is 174 g/mol. The van der Waals surface area contributed by atoms with E-state index in [1.807, 2.05) is 0 Å². The van der Waals surface area contributed by atoms with E-state index < -0.39 is 0 Å². The van der Waals surface area contributed by atoms with Crippen LogP contribution in [0.1, 0.15) is 24.0 Å². The third kappa shape index (κ3) is 0.995. The van der Waals surface area contributed by atoms with E-state index in [1.165, 1.54) is 36.8 Å². The van der Waals surface area contributed by atoms with Crippen molar-refractivity contribution in [1.82, 2.24) is 0 Å². The van der Waals surface area contributed by atoms with Crippen molar-refractivity contribution in [2.24, 2.45) is 5.41 Å². The summed E-state index contributed by atoms with van der Waals surface area (Å²) in [6.45, 7) is 0. The molecule has 0 radical (unpaired) electrons. The van der Waals surface area contributed by atoms with Crippen LogP contribution in [-0.2, 0) is 12.8 Å². The van der Waals surface area contributed by atoms with Crippen molar-refractivity contribution in [2.75, 3.05) is 7.11 Å². The number of benzene rings is 1. The minimum Gasteiger partial charge on any atom is -0.496 e. The van der Waals surface area contributed by atoms with Gasteiger partial charge in [-0.2, -0.15) is 0 Å².